The molecule has 1 aromatic heterocycles. The molecule has 0 radical (unpaired) electrons. The molecule has 1 N–H and O–H groups in total. The minimum Gasteiger partial charge on any atom is -0.484 e. The SMILES string of the molecule is N#Cc1ccccc1CSc1nc2ccc(NC(=O)COc3ccccc3)cc2s1. The van der Waals surface area contributed by atoms with Crippen LogP contribution in [0.1, 0.15) is 11.1 Å². The molecule has 7 heteroatoms. The van der Waals surface area contributed by atoms with Crippen molar-refractivity contribution in [1.82, 2.24) is 4.98 Å². The van der Waals surface area contributed by atoms with Gasteiger partial charge in [0.2, 0.25) is 0 Å². The summed E-state index contributed by atoms with van der Waals surface area (Å²) in [5.74, 6) is 1.12. The molecule has 0 unspecified atom stereocenters. The van der Waals surface area contributed by atoms with Crippen LogP contribution in [0.25, 0.3) is 10.2 Å². The summed E-state index contributed by atoms with van der Waals surface area (Å²) in [6, 6.07) is 24.7. The van der Waals surface area contributed by atoms with E-state index in [1.54, 1.807) is 23.1 Å². The van der Waals surface area contributed by atoms with Gasteiger partial charge in [0.05, 0.1) is 21.8 Å². The number of ether oxygens (including phenoxy) is 1. The summed E-state index contributed by atoms with van der Waals surface area (Å²) in [5, 5.41) is 12.1. The number of aromatic nitrogens is 1. The summed E-state index contributed by atoms with van der Waals surface area (Å²) in [6.45, 7) is -0.0514. The maximum absolute atomic E-state index is 12.2. The van der Waals surface area contributed by atoms with Crippen LogP contribution in [-0.2, 0) is 10.5 Å². The Hall–Kier alpha value is -3.34. The van der Waals surface area contributed by atoms with E-state index in [-0.39, 0.29) is 12.5 Å². The molecule has 3 aromatic carbocycles. The second-order valence-electron chi connectivity index (χ2n) is 6.37. The number of thiazole rings is 1. The summed E-state index contributed by atoms with van der Waals surface area (Å²) in [4.78, 5) is 16.8. The molecular formula is C23H17N3O2S2. The van der Waals surface area contributed by atoms with Crippen molar-refractivity contribution in [3.63, 3.8) is 0 Å². The van der Waals surface area contributed by atoms with Gasteiger partial charge in [-0.25, -0.2) is 4.98 Å². The first-order valence-corrected chi connectivity index (χ1v) is 11.0. The van der Waals surface area contributed by atoms with Gasteiger partial charge in [-0.15, -0.1) is 11.3 Å². The van der Waals surface area contributed by atoms with Crippen molar-refractivity contribution in [3.8, 4) is 11.8 Å². The van der Waals surface area contributed by atoms with Crippen LogP contribution in [0.2, 0.25) is 0 Å². The summed E-state index contributed by atoms with van der Waals surface area (Å²) in [6.07, 6.45) is 0. The van der Waals surface area contributed by atoms with E-state index < -0.39 is 0 Å². The van der Waals surface area contributed by atoms with Crippen molar-refractivity contribution in [2.45, 2.75) is 10.1 Å². The molecule has 1 amide bonds. The van der Waals surface area contributed by atoms with Gasteiger partial charge < -0.3 is 10.1 Å². The standard InChI is InChI=1S/C23H17N3O2S2/c24-13-16-6-4-5-7-17(16)15-29-23-26-20-11-10-18(12-21(20)30-23)25-22(27)14-28-19-8-2-1-3-9-19/h1-12H,14-15H2,(H,25,27). The number of hydrogen-bond acceptors (Lipinski definition) is 6. The van der Waals surface area contributed by atoms with Crippen LogP contribution in [0.15, 0.2) is 77.1 Å². The van der Waals surface area contributed by atoms with Gasteiger partial charge in [-0.05, 0) is 42.0 Å². The van der Waals surface area contributed by atoms with Gasteiger partial charge >= 0.3 is 0 Å². The largest absolute Gasteiger partial charge is 0.484 e. The molecule has 0 saturated carbocycles. The number of anilines is 1. The lowest BCUT2D eigenvalue weighted by Gasteiger charge is -2.07. The Morgan fingerprint density at radius 2 is 1.90 bits per heavy atom. The predicted octanol–water partition coefficient (Wildman–Crippen LogP) is 5.48. The molecule has 5 nitrogen and oxygen atoms in total. The van der Waals surface area contributed by atoms with Crippen LogP contribution < -0.4 is 10.1 Å². The lowest BCUT2D eigenvalue weighted by molar-refractivity contribution is -0.118. The lowest BCUT2D eigenvalue weighted by Crippen LogP contribution is -2.20. The quantitative estimate of drug-likeness (QED) is 0.392. The van der Waals surface area contributed by atoms with Crippen molar-refractivity contribution in [2.24, 2.45) is 0 Å². The normalized spacial score (nSPS) is 10.5. The monoisotopic (exact) mass is 431 g/mol. The summed E-state index contributed by atoms with van der Waals surface area (Å²) >= 11 is 3.17. The molecule has 1 heterocycles. The molecule has 30 heavy (non-hydrogen) atoms. The fourth-order valence-corrected chi connectivity index (χ4v) is 4.91. The van der Waals surface area contributed by atoms with Gasteiger partial charge in [0.25, 0.3) is 5.91 Å². The van der Waals surface area contributed by atoms with E-state index >= 15 is 0 Å². The van der Waals surface area contributed by atoms with Crippen LogP contribution >= 0.6 is 23.1 Å². The number of fused-ring (bicyclic) bond motifs is 1. The number of thioether (sulfide) groups is 1. The number of carbonyl (C=O) groups excluding carboxylic acids is 1. The Morgan fingerprint density at radius 3 is 2.73 bits per heavy atom. The van der Waals surface area contributed by atoms with Crippen molar-refractivity contribution in [3.05, 3.63) is 83.9 Å². The number of nitriles is 1. The van der Waals surface area contributed by atoms with Gasteiger partial charge in [0.1, 0.15) is 5.75 Å². The molecule has 0 fully saturated rings. The maximum Gasteiger partial charge on any atom is 0.262 e. The smallest absolute Gasteiger partial charge is 0.262 e. The number of para-hydroxylation sites is 1. The van der Waals surface area contributed by atoms with Crippen LogP contribution in [0, 0.1) is 11.3 Å². The van der Waals surface area contributed by atoms with Gasteiger partial charge in [0, 0.05) is 11.4 Å². The molecule has 148 valence electrons. The summed E-state index contributed by atoms with van der Waals surface area (Å²) in [5.41, 5.74) is 3.28. The van der Waals surface area contributed by atoms with E-state index in [2.05, 4.69) is 16.4 Å². The first kappa shape index (κ1) is 20.0. The minimum absolute atomic E-state index is 0.0514. The number of amides is 1. The third-order valence-electron chi connectivity index (χ3n) is 4.25. The van der Waals surface area contributed by atoms with Crippen molar-refractivity contribution in [2.75, 3.05) is 11.9 Å². The zero-order valence-corrected chi connectivity index (χ0v) is 17.5. The highest BCUT2D eigenvalue weighted by atomic mass is 32.2. The molecule has 0 saturated heterocycles. The fourth-order valence-electron chi connectivity index (χ4n) is 2.80. The first-order chi connectivity index (χ1) is 14.7. The van der Waals surface area contributed by atoms with Crippen LogP contribution in [0.3, 0.4) is 0 Å². The molecule has 4 aromatic rings. The van der Waals surface area contributed by atoms with E-state index in [4.69, 9.17) is 4.74 Å². The number of nitrogens with one attached hydrogen (secondary N) is 1. The fraction of sp³-hybridized carbons (Fsp3) is 0.0870. The van der Waals surface area contributed by atoms with Crippen LogP contribution in [0.4, 0.5) is 5.69 Å². The number of benzene rings is 3. The van der Waals surface area contributed by atoms with Gasteiger partial charge in [-0.3, -0.25) is 4.79 Å². The highest BCUT2D eigenvalue weighted by Crippen LogP contribution is 2.33. The second-order valence-corrected chi connectivity index (χ2v) is 8.62. The second kappa shape index (κ2) is 9.44. The molecule has 0 bridgehead atoms. The molecule has 0 atom stereocenters. The Kier molecular flexibility index (Phi) is 6.28. The molecule has 0 aliphatic carbocycles. The first-order valence-electron chi connectivity index (χ1n) is 9.20. The topological polar surface area (TPSA) is 75.0 Å². The van der Waals surface area contributed by atoms with Crippen LogP contribution in [-0.4, -0.2) is 17.5 Å². The highest BCUT2D eigenvalue weighted by Gasteiger charge is 2.09. The average molecular weight is 432 g/mol. The number of hydrogen-bond donors (Lipinski definition) is 1. The Labute approximate surface area is 182 Å². The van der Waals surface area contributed by atoms with E-state index in [1.807, 2.05) is 72.8 Å². The van der Waals surface area contributed by atoms with Crippen molar-refractivity contribution in [1.29, 1.82) is 5.26 Å². The molecule has 0 aliphatic heterocycles. The Balaban J connectivity index is 1.38. The molecule has 0 aliphatic rings. The summed E-state index contributed by atoms with van der Waals surface area (Å²) in [7, 11) is 0. The Morgan fingerprint density at radius 1 is 1.10 bits per heavy atom. The van der Waals surface area contributed by atoms with Gasteiger partial charge in [-0.1, -0.05) is 48.2 Å². The van der Waals surface area contributed by atoms with E-state index in [0.717, 1.165) is 20.1 Å². The lowest BCUT2D eigenvalue weighted by atomic mass is 10.1. The predicted molar refractivity (Wildman–Crippen MR) is 121 cm³/mol. The van der Waals surface area contributed by atoms with E-state index in [9.17, 15) is 10.1 Å². The number of rotatable bonds is 7. The number of nitrogens with zero attached hydrogens (tertiary/aromatic N) is 2. The summed E-state index contributed by atoms with van der Waals surface area (Å²) < 4.78 is 7.39. The molecular weight excluding hydrogens is 414 g/mol. The highest BCUT2D eigenvalue weighted by molar-refractivity contribution is 8.00. The maximum atomic E-state index is 12.2. The van der Waals surface area contributed by atoms with Gasteiger partial charge in [-0.2, -0.15) is 5.26 Å². The minimum atomic E-state index is -0.217. The molecule has 0 spiro atoms. The molecule has 4 rings (SSSR count). The third-order valence-corrected chi connectivity index (χ3v) is 6.46. The third kappa shape index (κ3) is 4.98. The van der Waals surface area contributed by atoms with Crippen LogP contribution in [0.5, 0.6) is 5.75 Å². The van der Waals surface area contributed by atoms with Crippen molar-refractivity contribution >= 4 is 44.9 Å². The number of carbonyl (C=O) groups is 1. The van der Waals surface area contributed by atoms with Gasteiger partial charge in [0.15, 0.2) is 10.9 Å². The van der Waals surface area contributed by atoms with E-state index in [1.165, 1.54) is 0 Å². The zero-order chi connectivity index (χ0) is 20.8. The zero-order valence-electron chi connectivity index (χ0n) is 15.9. The Bertz CT molecular complexity index is 1220. The van der Waals surface area contributed by atoms with Crippen molar-refractivity contribution < 1.29 is 9.53 Å². The average Bonchev–Trinajstić information content (AvgIpc) is 3.19. The van der Waals surface area contributed by atoms with E-state index in [0.29, 0.717) is 22.8 Å².